The van der Waals surface area contributed by atoms with Crippen LogP contribution in [-0.2, 0) is 4.79 Å². The number of aliphatic carboxylic acids is 1. The second-order valence-corrected chi connectivity index (χ2v) is 4.54. The third-order valence-electron chi connectivity index (χ3n) is 2.19. The van der Waals surface area contributed by atoms with E-state index in [1.54, 1.807) is 0 Å². The highest BCUT2D eigenvalue weighted by molar-refractivity contribution is 7.98. The van der Waals surface area contributed by atoms with Crippen molar-refractivity contribution in [3.8, 4) is 5.75 Å². The van der Waals surface area contributed by atoms with E-state index in [0.29, 0.717) is 5.75 Å². The van der Waals surface area contributed by atoms with Crippen molar-refractivity contribution in [2.24, 2.45) is 0 Å². The molecule has 0 unspecified atom stereocenters. The van der Waals surface area contributed by atoms with Crippen molar-refractivity contribution >= 4 is 23.6 Å². The first-order valence-corrected chi connectivity index (χ1v) is 6.58. The van der Waals surface area contributed by atoms with E-state index >= 15 is 0 Å². The Labute approximate surface area is 108 Å². The van der Waals surface area contributed by atoms with Gasteiger partial charge in [0.05, 0.1) is 23.8 Å². The number of carbonyl (C=O) groups is 2. The highest BCUT2D eigenvalue weighted by Crippen LogP contribution is 2.09. The zero-order chi connectivity index (χ0) is 13.5. The largest absolute Gasteiger partial charge is 0.548 e. The van der Waals surface area contributed by atoms with Crippen LogP contribution in [0.25, 0.3) is 0 Å². The summed E-state index contributed by atoms with van der Waals surface area (Å²) < 4.78 is 0. The number of rotatable bonds is 6. The maximum atomic E-state index is 11.7. The number of carbonyl (C=O) groups excluding carboxylic acids is 2. The third kappa shape index (κ3) is 4.25. The number of carboxylic acids is 1. The average Bonchev–Trinajstić information content (AvgIpc) is 2.33. The predicted molar refractivity (Wildman–Crippen MR) is 65.2 cm³/mol. The molecule has 0 saturated heterocycles. The van der Waals surface area contributed by atoms with Crippen molar-refractivity contribution in [1.29, 1.82) is 0 Å². The minimum atomic E-state index is -1.33. The smallest absolute Gasteiger partial charge is 0.253 e. The summed E-state index contributed by atoms with van der Waals surface area (Å²) in [7, 11) is 0. The maximum absolute atomic E-state index is 11.7. The van der Waals surface area contributed by atoms with Gasteiger partial charge in [-0.05, 0) is 24.5 Å². The van der Waals surface area contributed by atoms with E-state index in [4.69, 9.17) is 0 Å². The van der Waals surface area contributed by atoms with Gasteiger partial charge in [0.25, 0.3) is 5.91 Å². The van der Waals surface area contributed by atoms with Crippen LogP contribution in [0.15, 0.2) is 18.5 Å². The van der Waals surface area contributed by atoms with Crippen LogP contribution in [0.2, 0.25) is 0 Å². The number of amides is 1. The van der Waals surface area contributed by atoms with Crippen LogP contribution >= 0.6 is 11.8 Å². The van der Waals surface area contributed by atoms with Gasteiger partial charge in [-0.3, -0.25) is 9.78 Å². The lowest BCUT2D eigenvalue weighted by Crippen LogP contribution is -2.48. The lowest BCUT2D eigenvalue weighted by molar-refractivity contribution is -0.308. The van der Waals surface area contributed by atoms with Gasteiger partial charge in [-0.25, -0.2) is 0 Å². The summed E-state index contributed by atoms with van der Waals surface area (Å²) in [5, 5.41) is 22.3. The Bertz CT molecular complexity index is 439. The molecule has 0 saturated carbocycles. The molecule has 1 atom stereocenters. The number of nitrogens with one attached hydrogen (secondary N) is 1. The second-order valence-electron chi connectivity index (χ2n) is 3.56. The summed E-state index contributed by atoms with van der Waals surface area (Å²) in [6.07, 6.45) is 4.55. The summed E-state index contributed by atoms with van der Waals surface area (Å²) in [6.45, 7) is 0. The molecule has 18 heavy (non-hydrogen) atoms. The number of carboxylic acid groups (broad SMARTS) is 1. The highest BCUT2D eigenvalue weighted by Gasteiger charge is 2.15. The molecule has 1 aromatic heterocycles. The molecule has 0 aliphatic heterocycles. The first kappa shape index (κ1) is 14.3. The molecular weight excluding hydrogens is 256 g/mol. The Kier molecular flexibility index (Phi) is 5.44. The molecule has 1 aromatic rings. The summed E-state index contributed by atoms with van der Waals surface area (Å²) in [5.41, 5.74) is 0.102. The van der Waals surface area contributed by atoms with Crippen molar-refractivity contribution in [3.05, 3.63) is 24.0 Å². The van der Waals surface area contributed by atoms with Gasteiger partial charge in [0, 0.05) is 6.20 Å². The Balaban J connectivity index is 2.69. The van der Waals surface area contributed by atoms with Crippen LogP contribution in [0.1, 0.15) is 16.8 Å². The fourth-order valence-corrected chi connectivity index (χ4v) is 1.75. The van der Waals surface area contributed by atoms with Gasteiger partial charge in [-0.15, -0.1) is 0 Å². The number of pyridine rings is 1. The first-order valence-electron chi connectivity index (χ1n) is 5.19. The molecular formula is C11H13N2O4S-. The second kappa shape index (κ2) is 6.85. The predicted octanol–water partition coefficient (Wildman–Crippen LogP) is -0.611. The first-order chi connectivity index (χ1) is 8.54. The number of hydrogen-bond acceptors (Lipinski definition) is 6. The van der Waals surface area contributed by atoms with Crippen molar-refractivity contribution < 1.29 is 19.8 Å². The number of aromatic nitrogens is 1. The molecule has 0 aliphatic carbocycles. The Hall–Kier alpha value is -1.76. The Morgan fingerprint density at radius 3 is 2.83 bits per heavy atom. The molecule has 7 heteroatoms. The van der Waals surface area contributed by atoms with E-state index < -0.39 is 17.9 Å². The standard InChI is InChI=1S/C11H14N2O4S/c1-18-3-2-9(11(16)17)13-10(15)7-4-8(14)6-12-5-7/h4-6,9,14H,2-3H2,1H3,(H,13,15)(H,16,17)/p-1/t9-/m1/s1. The van der Waals surface area contributed by atoms with E-state index in [0.717, 1.165) is 0 Å². The van der Waals surface area contributed by atoms with Crippen LogP contribution in [0.4, 0.5) is 0 Å². The van der Waals surface area contributed by atoms with Gasteiger partial charge in [0.1, 0.15) is 5.75 Å². The zero-order valence-electron chi connectivity index (χ0n) is 9.75. The van der Waals surface area contributed by atoms with Crippen LogP contribution < -0.4 is 10.4 Å². The van der Waals surface area contributed by atoms with E-state index in [2.05, 4.69) is 10.3 Å². The van der Waals surface area contributed by atoms with Crippen molar-refractivity contribution in [2.75, 3.05) is 12.0 Å². The molecule has 1 amide bonds. The number of aromatic hydroxyl groups is 1. The van der Waals surface area contributed by atoms with Gasteiger partial charge in [0.2, 0.25) is 0 Å². The molecule has 98 valence electrons. The van der Waals surface area contributed by atoms with Crippen LogP contribution in [-0.4, -0.2) is 40.0 Å². The van der Waals surface area contributed by atoms with E-state index in [1.165, 1.54) is 30.2 Å². The van der Waals surface area contributed by atoms with Crippen molar-refractivity contribution in [2.45, 2.75) is 12.5 Å². The molecule has 1 rings (SSSR count). The molecule has 0 radical (unpaired) electrons. The topological polar surface area (TPSA) is 102 Å². The third-order valence-corrected chi connectivity index (χ3v) is 2.83. The number of hydrogen-bond donors (Lipinski definition) is 2. The molecule has 0 bridgehead atoms. The van der Waals surface area contributed by atoms with Crippen LogP contribution in [0.5, 0.6) is 5.75 Å². The highest BCUT2D eigenvalue weighted by atomic mass is 32.2. The van der Waals surface area contributed by atoms with Gasteiger partial charge in [0.15, 0.2) is 0 Å². The quantitative estimate of drug-likeness (QED) is 0.714. The summed E-state index contributed by atoms with van der Waals surface area (Å²) in [4.78, 5) is 26.2. The van der Waals surface area contributed by atoms with Gasteiger partial charge in [-0.1, -0.05) is 0 Å². The summed E-state index contributed by atoms with van der Waals surface area (Å²) in [6, 6.07) is 0.163. The fourth-order valence-electron chi connectivity index (χ4n) is 1.28. The van der Waals surface area contributed by atoms with Gasteiger partial charge < -0.3 is 20.3 Å². The number of thioether (sulfide) groups is 1. The van der Waals surface area contributed by atoms with Crippen LogP contribution in [0, 0.1) is 0 Å². The van der Waals surface area contributed by atoms with Gasteiger partial charge >= 0.3 is 0 Å². The van der Waals surface area contributed by atoms with Crippen molar-refractivity contribution in [1.82, 2.24) is 10.3 Å². The molecule has 0 spiro atoms. The van der Waals surface area contributed by atoms with Crippen LogP contribution in [0.3, 0.4) is 0 Å². The van der Waals surface area contributed by atoms with E-state index in [1.807, 2.05) is 6.26 Å². The van der Waals surface area contributed by atoms with E-state index in [9.17, 15) is 19.8 Å². The number of nitrogens with zero attached hydrogens (tertiary/aromatic N) is 1. The molecule has 0 aromatic carbocycles. The molecule has 0 aliphatic rings. The Morgan fingerprint density at radius 1 is 1.56 bits per heavy atom. The SMILES string of the molecule is CSCC[C@@H](NC(=O)c1cncc(O)c1)C(=O)[O-]. The molecule has 2 N–H and O–H groups in total. The van der Waals surface area contributed by atoms with E-state index in [-0.39, 0.29) is 17.7 Å². The lowest BCUT2D eigenvalue weighted by Gasteiger charge is -2.19. The van der Waals surface area contributed by atoms with Crippen molar-refractivity contribution in [3.63, 3.8) is 0 Å². The minimum absolute atomic E-state index is 0.102. The minimum Gasteiger partial charge on any atom is -0.548 e. The summed E-state index contributed by atoms with van der Waals surface area (Å²) in [5.74, 6) is -1.49. The van der Waals surface area contributed by atoms with Gasteiger partial charge in [-0.2, -0.15) is 11.8 Å². The zero-order valence-corrected chi connectivity index (χ0v) is 10.6. The lowest BCUT2D eigenvalue weighted by atomic mass is 10.2. The normalized spacial score (nSPS) is 11.8. The monoisotopic (exact) mass is 269 g/mol. The average molecular weight is 269 g/mol. The molecule has 6 nitrogen and oxygen atoms in total. The Morgan fingerprint density at radius 2 is 2.28 bits per heavy atom. The molecule has 0 fully saturated rings. The summed E-state index contributed by atoms with van der Waals surface area (Å²) >= 11 is 1.48. The molecule has 1 heterocycles. The fraction of sp³-hybridized carbons (Fsp3) is 0.364. The maximum Gasteiger partial charge on any atom is 0.253 e.